The zero-order valence-electron chi connectivity index (χ0n) is 13.9. The van der Waals surface area contributed by atoms with Gasteiger partial charge >= 0.3 is 0 Å². The molecule has 0 saturated carbocycles. The largest absolute Gasteiger partial charge is 0.545 e. The summed E-state index contributed by atoms with van der Waals surface area (Å²) >= 11 is 6.24. The standard InChI is InChI=1S/C18H16N2O3S2/c1-9-7-12(8-15-16(21)19-18(24)25-15)11(3)20(9)14-6-4-5-13(10(14)2)17(22)23/h4-8H,1-3H3,(H,22,23)(H,19,21,24)/p-1/b15-8+. The number of carbonyl (C=O) groups is 2. The molecule has 1 aromatic heterocycles. The number of carbonyl (C=O) groups excluding carboxylic acids is 2. The first kappa shape index (κ1) is 17.4. The van der Waals surface area contributed by atoms with Crippen molar-refractivity contribution in [1.82, 2.24) is 9.88 Å². The van der Waals surface area contributed by atoms with E-state index in [1.54, 1.807) is 19.1 Å². The monoisotopic (exact) mass is 371 g/mol. The highest BCUT2D eigenvalue weighted by atomic mass is 32.2. The molecule has 7 heteroatoms. The number of aryl methyl sites for hydroxylation is 1. The van der Waals surface area contributed by atoms with E-state index >= 15 is 0 Å². The molecule has 2 heterocycles. The number of thiocarbonyl (C=S) groups is 1. The summed E-state index contributed by atoms with van der Waals surface area (Å²) in [7, 11) is 0. The van der Waals surface area contributed by atoms with Crippen molar-refractivity contribution in [1.29, 1.82) is 0 Å². The fourth-order valence-electron chi connectivity index (χ4n) is 2.95. The minimum atomic E-state index is -1.20. The highest BCUT2D eigenvalue weighted by Crippen LogP contribution is 2.30. The van der Waals surface area contributed by atoms with Gasteiger partial charge in [0.25, 0.3) is 5.91 Å². The maximum Gasteiger partial charge on any atom is 0.263 e. The molecule has 1 amide bonds. The van der Waals surface area contributed by atoms with Crippen LogP contribution in [0.5, 0.6) is 0 Å². The Bertz CT molecular complexity index is 957. The summed E-state index contributed by atoms with van der Waals surface area (Å²) in [5.74, 6) is -1.40. The van der Waals surface area contributed by atoms with Crippen LogP contribution in [0, 0.1) is 20.8 Å². The van der Waals surface area contributed by atoms with Crippen LogP contribution < -0.4 is 10.4 Å². The van der Waals surface area contributed by atoms with Crippen LogP contribution in [0.25, 0.3) is 11.8 Å². The Kier molecular flexibility index (Phi) is 4.53. The molecule has 1 saturated heterocycles. The molecule has 0 spiro atoms. The predicted octanol–water partition coefficient (Wildman–Crippen LogP) is 2.25. The van der Waals surface area contributed by atoms with E-state index in [1.807, 2.05) is 30.5 Å². The van der Waals surface area contributed by atoms with Crippen LogP contribution in [-0.2, 0) is 4.79 Å². The number of aromatic nitrogens is 1. The summed E-state index contributed by atoms with van der Waals surface area (Å²) in [6.07, 6.45) is 1.80. The average Bonchev–Trinajstić information content (AvgIpc) is 2.99. The molecular formula is C18H15N2O3S2-. The Hall–Kier alpha value is -2.38. The van der Waals surface area contributed by atoms with E-state index in [4.69, 9.17) is 12.2 Å². The van der Waals surface area contributed by atoms with Gasteiger partial charge in [0.15, 0.2) is 0 Å². The average molecular weight is 371 g/mol. The zero-order valence-corrected chi connectivity index (χ0v) is 15.5. The molecule has 1 aliphatic heterocycles. The normalized spacial score (nSPS) is 15.7. The van der Waals surface area contributed by atoms with Gasteiger partial charge in [0, 0.05) is 22.6 Å². The summed E-state index contributed by atoms with van der Waals surface area (Å²) in [6, 6.07) is 7.06. The number of carboxylic acid groups (broad SMARTS) is 1. The molecule has 25 heavy (non-hydrogen) atoms. The Morgan fingerprint density at radius 2 is 2.04 bits per heavy atom. The number of carboxylic acids is 1. The van der Waals surface area contributed by atoms with E-state index < -0.39 is 5.97 Å². The number of nitrogens with one attached hydrogen (secondary N) is 1. The van der Waals surface area contributed by atoms with E-state index in [1.165, 1.54) is 17.8 Å². The van der Waals surface area contributed by atoms with E-state index in [0.717, 1.165) is 22.6 Å². The summed E-state index contributed by atoms with van der Waals surface area (Å²) in [6.45, 7) is 5.63. The zero-order chi connectivity index (χ0) is 18.3. The number of hydrogen-bond acceptors (Lipinski definition) is 5. The maximum atomic E-state index is 11.9. The van der Waals surface area contributed by atoms with Crippen molar-refractivity contribution in [3.63, 3.8) is 0 Å². The van der Waals surface area contributed by atoms with Gasteiger partial charge in [0.2, 0.25) is 0 Å². The van der Waals surface area contributed by atoms with E-state index in [2.05, 4.69) is 5.32 Å². The topological polar surface area (TPSA) is 74.2 Å². The molecule has 128 valence electrons. The fraction of sp³-hybridized carbons (Fsp3) is 0.167. The maximum absolute atomic E-state index is 11.9. The molecule has 1 aliphatic rings. The summed E-state index contributed by atoms with van der Waals surface area (Å²) in [4.78, 5) is 23.7. The minimum absolute atomic E-state index is 0.168. The number of nitrogens with zero attached hydrogens (tertiary/aromatic N) is 1. The third-order valence-corrected chi connectivity index (χ3v) is 5.33. The fourth-order valence-corrected chi connectivity index (χ4v) is 3.99. The first-order valence-corrected chi connectivity index (χ1v) is 8.77. The van der Waals surface area contributed by atoms with Crippen molar-refractivity contribution in [3.05, 3.63) is 57.2 Å². The van der Waals surface area contributed by atoms with Crippen LogP contribution in [-0.4, -0.2) is 20.8 Å². The third-order valence-electron chi connectivity index (χ3n) is 4.16. The quantitative estimate of drug-likeness (QED) is 0.662. The van der Waals surface area contributed by atoms with Gasteiger partial charge in [-0.2, -0.15) is 0 Å². The molecule has 3 rings (SSSR count). The second-order valence-electron chi connectivity index (χ2n) is 5.75. The molecular weight excluding hydrogens is 356 g/mol. The highest BCUT2D eigenvalue weighted by molar-refractivity contribution is 8.26. The Morgan fingerprint density at radius 3 is 2.64 bits per heavy atom. The van der Waals surface area contributed by atoms with Crippen molar-refractivity contribution in [2.45, 2.75) is 20.8 Å². The lowest BCUT2D eigenvalue weighted by atomic mass is 10.1. The molecule has 1 N–H and O–H groups in total. The molecule has 0 radical (unpaired) electrons. The molecule has 0 unspecified atom stereocenters. The second kappa shape index (κ2) is 6.50. The highest BCUT2D eigenvalue weighted by Gasteiger charge is 2.23. The van der Waals surface area contributed by atoms with Crippen molar-refractivity contribution in [2.24, 2.45) is 0 Å². The number of thioether (sulfide) groups is 1. The Labute approximate surface area is 154 Å². The minimum Gasteiger partial charge on any atom is -0.545 e. The van der Waals surface area contributed by atoms with E-state index in [9.17, 15) is 14.7 Å². The predicted molar refractivity (Wildman–Crippen MR) is 101 cm³/mol. The smallest absolute Gasteiger partial charge is 0.263 e. The van der Waals surface area contributed by atoms with Gasteiger partial charge < -0.3 is 19.8 Å². The summed E-state index contributed by atoms with van der Waals surface area (Å²) in [5.41, 5.74) is 4.32. The number of aromatic carboxylic acids is 1. The second-order valence-corrected chi connectivity index (χ2v) is 7.47. The Balaban J connectivity index is 2.12. The molecule has 0 aliphatic carbocycles. The lowest BCUT2D eigenvalue weighted by Crippen LogP contribution is -2.23. The van der Waals surface area contributed by atoms with Crippen LogP contribution in [0.4, 0.5) is 0 Å². The van der Waals surface area contributed by atoms with Gasteiger partial charge in [-0.25, -0.2) is 0 Å². The molecule has 2 aromatic rings. The van der Waals surface area contributed by atoms with E-state index in [0.29, 0.717) is 14.8 Å². The third kappa shape index (κ3) is 3.12. The summed E-state index contributed by atoms with van der Waals surface area (Å²) in [5, 5.41) is 13.9. The van der Waals surface area contributed by atoms with Gasteiger partial charge in [-0.15, -0.1) is 0 Å². The van der Waals surface area contributed by atoms with Gasteiger partial charge in [-0.3, -0.25) is 4.79 Å². The van der Waals surface area contributed by atoms with Crippen molar-refractivity contribution >= 4 is 46.3 Å². The van der Waals surface area contributed by atoms with Crippen LogP contribution in [0.1, 0.15) is 32.9 Å². The lowest BCUT2D eigenvalue weighted by Gasteiger charge is -2.16. The SMILES string of the molecule is Cc1c(C(=O)[O-])cccc1-n1c(C)cc(/C=C2/SC(=S)NC2=O)c1C. The molecule has 0 bridgehead atoms. The first-order valence-electron chi connectivity index (χ1n) is 7.54. The van der Waals surface area contributed by atoms with Crippen LogP contribution in [0.15, 0.2) is 29.2 Å². The summed E-state index contributed by atoms with van der Waals surface area (Å²) < 4.78 is 2.42. The van der Waals surface area contributed by atoms with Crippen molar-refractivity contribution in [3.8, 4) is 5.69 Å². The molecule has 5 nitrogen and oxygen atoms in total. The van der Waals surface area contributed by atoms with Crippen LogP contribution in [0.2, 0.25) is 0 Å². The van der Waals surface area contributed by atoms with Gasteiger partial charge in [0.05, 0.1) is 10.9 Å². The van der Waals surface area contributed by atoms with E-state index in [-0.39, 0.29) is 11.5 Å². The molecule has 1 aromatic carbocycles. The van der Waals surface area contributed by atoms with Gasteiger partial charge in [-0.1, -0.05) is 36.1 Å². The molecule has 1 fully saturated rings. The van der Waals surface area contributed by atoms with Crippen LogP contribution >= 0.6 is 24.0 Å². The number of rotatable bonds is 3. The number of hydrogen-bond donors (Lipinski definition) is 1. The molecule has 0 atom stereocenters. The van der Waals surface area contributed by atoms with Gasteiger partial charge in [-0.05, 0) is 50.1 Å². The lowest BCUT2D eigenvalue weighted by molar-refractivity contribution is -0.255. The van der Waals surface area contributed by atoms with Crippen molar-refractivity contribution < 1.29 is 14.7 Å². The Morgan fingerprint density at radius 1 is 1.32 bits per heavy atom. The first-order chi connectivity index (χ1) is 11.8. The van der Waals surface area contributed by atoms with Crippen molar-refractivity contribution in [2.75, 3.05) is 0 Å². The number of benzene rings is 1. The number of amides is 1. The van der Waals surface area contributed by atoms with Gasteiger partial charge in [0.1, 0.15) is 4.32 Å². The van der Waals surface area contributed by atoms with Crippen LogP contribution in [0.3, 0.4) is 0 Å².